The van der Waals surface area contributed by atoms with Gasteiger partial charge in [-0.15, -0.1) is 0 Å². The van der Waals surface area contributed by atoms with E-state index < -0.39 is 36.2 Å². The number of carboxylic acid groups (broad SMARTS) is 1. The number of carboxylic acids is 1. The van der Waals surface area contributed by atoms with Crippen molar-refractivity contribution in [3.8, 4) is 11.1 Å². The van der Waals surface area contributed by atoms with Crippen LogP contribution in [0.4, 0.5) is 4.79 Å². The van der Waals surface area contributed by atoms with E-state index in [2.05, 4.69) is 10.6 Å². The minimum atomic E-state index is -1.16. The van der Waals surface area contributed by atoms with Crippen molar-refractivity contribution in [2.45, 2.75) is 37.3 Å². The SMILES string of the molecule is COCC(C)(CO)NC(=O)C(CCC(=O)O)NC(=O)OCC1c2ccccc2-c2ccccc21. The zero-order valence-corrected chi connectivity index (χ0v) is 19.2. The first kappa shape index (κ1) is 25.2. The molecule has 34 heavy (non-hydrogen) atoms. The summed E-state index contributed by atoms with van der Waals surface area (Å²) in [5, 5.41) is 23.7. The molecule has 9 nitrogen and oxygen atoms in total. The van der Waals surface area contributed by atoms with Crippen molar-refractivity contribution in [2.75, 3.05) is 26.9 Å². The number of aliphatic hydroxyl groups is 1. The van der Waals surface area contributed by atoms with Crippen LogP contribution in [0, 0.1) is 0 Å². The molecule has 0 heterocycles. The lowest BCUT2D eigenvalue weighted by molar-refractivity contribution is -0.137. The van der Waals surface area contributed by atoms with Crippen molar-refractivity contribution in [3.05, 3.63) is 59.7 Å². The number of methoxy groups -OCH3 is 1. The number of amides is 2. The molecule has 3 rings (SSSR count). The molecule has 182 valence electrons. The molecule has 4 N–H and O–H groups in total. The number of carbonyl (C=O) groups excluding carboxylic acids is 2. The Morgan fingerprint density at radius 3 is 2.18 bits per heavy atom. The maximum absolute atomic E-state index is 12.8. The Labute approximate surface area is 198 Å². The molecule has 0 spiro atoms. The Morgan fingerprint density at radius 1 is 1.06 bits per heavy atom. The van der Waals surface area contributed by atoms with Crippen molar-refractivity contribution < 1.29 is 34.1 Å². The van der Waals surface area contributed by atoms with Gasteiger partial charge in [0.1, 0.15) is 12.6 Å². The number of benzene rings is 2. The highest BCUT2D eigenvalue weighted by atomic mass is 16.5. The second kappa shape index (κ2) is 11.1. The maximum atomic E-state index is 12.8. The van der Waals surface area contributed by atoms with Gasteiger partial charge >= 0.3 is 12.1 Å². The lowest BCUT2D eigenvalue weighted by Gasteiger charge is -2.30. The monoisotopic (exact) mass is 470 g/mol. The zero-order valence-electron chi connectivity index (χ0n) is 19.2. The molecule has 2 unspecified atom stereocenters. The quantitative estimate of drug-likeness (QED) is 0.396. The van der Waals surface area contributed by atoms with E-state index in [4.69, 9.17) is 14.6 Å². The van der Waals surface area contributed by atoms with Gasteiger partial charge in [-0.05, 0) is 35.6 Å². The van der Waals surface area contributed by atoms with Gasteiger partial charge in [-0.2, -0.15) is 0 Å². The number of aliphatic hydroxyl groups excluding tert-OH is 1. The largest absolute Gasteiger partial charge is 0.481 e. The molecule has 2 aromatic rings. The summed E-state index contributed by atoms with van der Waals surface area (Å²) in [5.74, 6) is -1.89. The number of ether oxygens (including phenoxy) is 2. The third-order valence-electron chi connectivity index (χ3n) is 5.84. The van der Waals surface area contributed by atoms with E-state index in [-0.39, 0.29) is 32.0 Å². The molecule has 0 fully saturated rings. The van der Waals surface area contributed by atoms with E-state index in [1.54, 1.807) is 6.92 Å². The highest BCUT2D eigenvalue weighted by molar-refractivity contribution is 5.87. The summed E-state index contributed by atoms with van der Waals surface area (Å²) in [4.78, 5) is 36.5. The fourth-order valence-corrected chi connectivity index (χ4v) is 4.14. The Bertz CT molecular complexity index is 996. The molecular weight excluding hydrogens is 440 g/mol. The molecule has 0 aliphatic heterocycles. The first-order valence-corrected chi connectivity index (χ1v) is 11.0. The average molecular weight is 471 g/mol. The zero-order chi connectivity index (χ0) is 24.7. The van der Waals surface area contributed by atoms with Gasteiger partial charge in [0, 0.05) is 19.4 Å². The van der Waals surface area contributed by atoms with Crippen LogP contribution in [0.2, 0.25) is 0 Å². The molecule has 2 atom stereocenters. The number of aliphatic carboxylic acids is 1. The highest BCUT2D eigenvalue weighted by Crippen LogP contribution is 2.44. The third-order valence-corrected chi connectivity index (χ3v) is 5.84. The van der Waals surface area contributed by atoms with Crippen LogP contribution in [0.25, 0.3) is 11.1 Å². The molecule has 2 aromatic carbocycles. The van der Waals surface area contributed by atoms with E-state index in [0.29, 0.717) is 0 Å². The van der Waals surface area contributed by atoms with Crippen LogP contribution in [0.3, 0.4) is 0 Å². The van der Waals surface area contributed by atoms with Crippen molar-refractivity contribution in [1.82, 2.24) is 10.6 Å². The first-order chi connectivity index (χ1) is 16.3. The second-order valence-corrected chi connectivity index (χ2v) is 8.60. The van der Waals surface area contributed by atoms with Crippen LogP contribution in [-0.4, -0.2) is 66.7 Å². The predicted molar refractivity (Wildman–Crippen MR) is 124 cm³/mol. The average Bonchev–Trinajstić information content (AvgIpc) is 3.14. The van der Waals surface area contributed by atoms with Gasteiger partial charge in [0.15, 0.2) is 0 Å². The van der Waals surface area contributed by atoms with Gasteiger partial charge in [0.25, 0.3) is 0 Å². The Balaban J connectivity index is 1.68. The van der Waals surface area contributed by atoms with E-state index in [1.165, 1.54) is 7.11 Å². The summed E-state index contributed by atoms with van der Waals surface area (Å²) in [6, 6.07) is 14.7. The topological polar surface area (TPSA) is 134 Å². The Kier molecular flexibility index (Phi) is 8.25. The molecule has 0 aromatic heterocycles. The lowest BCUT2D eigenvalue weighted by atomic mass is 9.98. The van der Waals surface area contributed by atoms with Crippen molar-refractivity contribution >= 4 is 18.0 Å². The third kappa shape index (κ3) is 5.92. The molecular formula is C25H30N2O7. The van der Waals surface area contributed by atoms with Crippen LogP contribution < -0.4 is 10.6 Å². The molecule has 1 aliphatic rings. The van der Waals surface area contributed by atoms with Gasteiger partial charge in [-0.25, -0.2) is 4.79 Å². The Morgan fingerprint density at radius 2 is 1.65 bits per heavy atom. The van der Waals surface area contributed by atoms with Crippen LogP contribution >= 0.6 is 0 Å². The standard InChI is InChI=1S/C25H30N2O7/c1-25(14-28,15-33-2)27-23(31)21(11-12-22(29)30)26-24(32)34-13-20-18-9-5-3-7-16(18)17-8-4-6-10-19(17)20/h3-10,20-21,28H,11-15H2,1-2H3,(H,26,32)(H,27,31)(H,29,30). The van der Waals surface area contributed by atoms with Crippen molar-refractivity contribution in [1.29, 1.82) is 0 Å². The fraction of sp³-hybridized carbons (Fsp3) is 0.400. The van der Waals surface area contributed by atoms with E-state index in [1.807, 2.05) is 48.5 Å². The maximum Gasteiger partial charge on any atom is 0.407 e. The molecule has 0 saturated heterocycles. The normalized spacial score (nSPS) is 14.9. The van der Waals surface area contributed by atoms with Crippen LogP contribution in [0.1, 0.15) is 36.8 Å². The summed E-state index contributed by atoms with van der Waals surface area (Å²) in [5.41, 5.74) is 3.19. The number of alkyl carbamates (subject to hydrolysis) is 1. The first-order valence-electron chi connectivity index (χ1n) is 11.0. The van der Waals surface area contributed by atoms with Gasteiger partial charge in [0.2, 0.25) is 5.91 Å². The number of carbonyl (C=O) groups is 3. The Hall–Kier alpha value is -3.43. The van der Waals surface area contributed by atoms with Crippen LogP contribution in [0.15, 0.2) is 48.5 Å². The molecule has 9 heteroatoms. The highest BCUT2D eigenvalue weighted by Gasteiger charge is 2.32. The van der Waals surface area contributed by atoms with Gasteiger partial charge in [-0.1, -0.05) is 48.5 Å². The van der Waals surface area contributed by atoms with Gasteiger partial charge in [0.05, 0.1) is 18.8 Å². The van der Waals surface area contributed by atoms with Crippen molar-refractivity contribution in [2.24, 2.45) is 0 Å². The summed E-state index contributed by atoms with van der Waals surface area (Å²) in [6.45, 7) is 1.27. The van der Waals surface area contributed by atoms with E-state index >= 15 is 0 Å². The number of rotatable bonds is 11. The molecule has 0 saturated carbocycles. The number of fused-ring (bicyclic) bond motifs is 3. The summed E-state index contributed by atoms with van der Waals surface area (Å²) >= 11 is 0. The van der Waals surface area contributed by atoms with E-state index in [0.717, 1.165) is 22.3 Å². The summed E-state index contributed by atoms with van der Waals surface area (Å²) in [7, 11) is 1.43. The fourth-order valence-electron chi connectivity index (χ4n) is 4.14. The number of hydrogen-bond acceptors (Lipinski definition) is 6. The lowest BCUT2D eigenvalue weighted by Crippen LogP contribution is -2.58. The molecule has 1 aliphatic carbocycles. The molecule has 2 amide bonds. The van der Waals surface area contributed by atoms with Gasteiger partial charge in [-0.3, -0.25) is 9.59 Å². The summed E-state index contributed by atoms with van der Waals surface area (Å²) in [6.07, 6.45) is -1.30. The van der Waals surface area contributed by atoms with E-state index in [9.17, 15) is 19.5 Å². The molecule has 0 bridgehead atoms. The minimum absolute atomic E-state index is 0.0336. The van der Waals surface area contributed by atoms with Crippen molar-refractivity contribution in [3.63, 3.8) is 0 Å². The summed E-state index contributed by atoms with van der Waals surface area (Å²) < 4.78 is 10.5. The number of hydrogen-bond donors (Lipinski definition) is 4. The predicted octanol–water partition coefficient (Wildman–Crippen LogP) is 2.27. The molecule has 0 radical (unpaired) electrons. The smallest absolute Gasteiger partial charge is 0.407 e. The second-order valence-electron chi connectivity index (χ2n) is 8.60. The van der Waals surface area contributed by atoms with Crippen LogP contribution in [0.5, 0.6) is 0 Å². The number of nitrogens with one attached hydrogen (secondary N) is 2. The minimum Gasteiger partial charge on any atom is -0.481 e. The van der Waals surface area contributed by atoms with Gasteiger partial charge < -0.3 is 30.3 Å². The van der Waals surface area contributed by atoms with Crippen LogP contribution in [-0.2, 0) is 19.1 Å².